The van der Waals surface area contributed by atoms with E-state index in [0.29, 0.717) is 0 Å². The van der Waals surface area contributed by atoms with Crippen molar-refractivity contribution in [2.24, 2.45) is 35.5 Å². The zero-order valence-corrected chi connectivity index (χ0v) is 8.03. The summed E-state index contributed by atoms with van der Waals surface area (Å²) in [6.45, 7) is 4.92. The molecule has 66 valence electrons. The zero-order valence-electron chi connectivity index (χ0n) is 8.03. The van der Waals surface area contributed by atoms with E-state index in [9.17, 15) is 0 Å². The highest BCUT2D eigenvalue weighted by molar-refractivity contribution is 5.16. The number of hydrogen-bond acceptors (Lipinski definition) is 0. The average molecular weight is 162 g/mol. The maximum atomic E-state index is 2.50. The molecule has 0 nitrogen and oxygen atoms in total. The van der Waals surface area contributed by atoms with E-state index in [1.807, 2.05) is 0 Å². The molecule has 0 radical (unpaired) electrons. The third kappa shape index (κ3) is 0.694. The summed E-state index contributed by atoms with van der Waals surface area (Å²) in [4.78, 5) is 0. The summed E-state index contributed by atoms with van der Waals surface area (Å²) in [5, 5.41) is 0. The van der Waals surface area contributed by atoms with Crippen LogP contribution in [0.1, 0.15) is 26.7 Å². The fourth-order valence-corrected chi connectivity index (χ4v) is 4.10. The molecule has 0 amide bonds. The second-order valence-electron chi connectivity index (χ2n) is 5.26. The van der Waals surface area contributed by atoms with Gasteiger partial charge in [-0.2, -0.15) is 0 Å². The van der Waals surface area contributed by atoms with Crippen LogP contribution < -0.4 is 0 Å². The van der Waals surface area contributed by atoms with Crippen LogP contribution in [0.4, 0.5) is 0 Å². The molecule has 2 bridgehead atoms. The van der Waals surface area contributed by atoms with Gasteiger partial charge in [0.1, 0.15) is 0 Å². The van der Waals surface area contributed by atoms with Crippen molar-refractivity contribution in [2.75, 3.05) is 0 Å². The highest BCUT2D eigenvalue weighted by Gasteiger charge is 2.51. The standard InChI is InChI=1S/C12H18/c1-7-5-11-9-3-4-10(6-9)12(11)8(7)2/h3-4,7-12H,5-6H2,1-2H3. The lowest BCUT2D eigenvalue weighted by Crippen LogP contribution is -2.18. The molecule has 6 unspecified atom stereocenters. The van der Waals surface area contributed by atoms with Gasteiger partial charge < -0.3 is 0 Å². The van der Waals surface area contributed by atoms with Gasteiger partial charge in [0.15, 0.2) is 0 Å². The first-order valence-corrected chi connectivity index (χ1v) is 5.45. The van der Waals surface area contributed by atoms with Crippen molar-refractivity contribution in [3.05, 3.63) is 12.2 Å². The smallest absolute Gasteiger partial charge is 0.0194 e. The summed E-state index contributed by atoms with van der Waals surface area (Å²) in [5.41, 5.74) is 0. The molecule has 0 aromatic carbocycles. The summed E-state index contributed by atoms with van der Waals surface area (Å²) in [6.07, 6.45) is 8.00. The van der Waals surface area contributed by atoms with Crippen LogP contribution in [0.2, 0.25) is 0 Å². The van der Waals surface area contributed by atoms with Gasteiger partial charge in [-0.1, -0.05) is 26.0 Å². The number of fused-ring (bicyclic) bond motifs is 5. The first kappa shape index (κ1) is 7.17. The lowest BCUT2D eigenvalue weighted by atomic mass is 9.81. The molecular weight excluding hydrogens is 144 g/mol. The van der Waals surface area contributed by atoms with Gasteiger partial charge in [0.25, 0.3) is 0 Å². The van der Waals surface area contributed by atoms with Crippen molar-refractivity contribution in [1.82, 2.24) is 0 Å². The van der Waals surface area contributed by atoms with Crippen molar-refractivity contribution >= 4 is 0 Å². The molecule has 2 saturated carbocycles. The van der Waals surface area contributed by atoms with Crippen molar-refractivity contribution in [3.63, 3.8) is 0 Å². The van der Waals surface area contributed by atoms with Crippen LogP contribution in [-0.2, 0) is 0 Å². The predicted molar refractivity (Wildman–Crippen MR) is 50.7 cm³/mol. The Morgan fingerprint density at radius 2 is 1.75 bits per heavy atom. The average Bonchev–Trinajstić information content (AvgIpc) is 2.66. The molecule has 0 heterocycles. The maximum absolute atomic E-state index is 2.50. The van der Waals surface area contributed by atoms with Crippen molar-refractivity contribution < 1.29 is 0 Å². The van der Waals surface area contributed by atoms with Gasteiger partial charge >= 0.3 is 0 Å². The zero-order chi connectivity index (χ0) is 8.29. The Morgan fingerprint density at radius 3 is 2.50 bits per heavy atom. The highest BCUT2D eigenvalue weighted by Crippen LogP contribution is 2.59. The van der Waals surface area contributed by atoms with Gasteiger partial charge in [0, 0.05) is 0 Å². The van der Waals surface area contributed by atoms with Crippen LogP contribution in [0.5, 0.6) is 0 Å². The van der Waals surface area contributed by atoms with Gasteiger partial charge in [0.05, 0.1) is 0 Å². The lowest BCUT2D eigenvalue weighted by Gasteiger charge is -2.23. The first-order chi connectivity index (χ1) is 5.77. The van der Waals surface area contributed by atoms with Crippen LogP contribution in [0.3, 0.4) is 0 Å². The molecular formula is C12H18. The Balaban J connectivity index is 1.94. The van der Waals surface area contributed by atoms with E-state index >= 15 is 0 Å². The minimum absolute atomic E-state index is 0.972. The van der Waals surface area contributed by atoms with E-state index < -0.39 is 0 Å². The van der Waals surface area contributed by atoms with Gasteiger partial charge in [-0.25, -0.2) is 0 Å². The van der Waals surface area contributed by atoms with Crippen LogP contribution in [0, 0.1) is 35.5 Å². The Morgan fingerprint density at radius 1 is 1.00 bits per heavy atom. The first-order valence-electron chi connectivity index (χ1n) is 5.45. The van der Waals surface area contributed by atoms with Crippen LogP contribution in [-0.4, -0.2) is 0 Å². The highest BCUT2D eigenvalue weighted by atomic mass is 14.6. The lowest BCUT2D eigenvalue weighted by molar-refractivity contribution is 0.287. The summed E-state index contributed by atoms with van der Waals surface area (Å²) < 4.78 is 0. The van der Waals surface area contributed by atoms with E-state index in [2.05, 4.69) is 26.0 Å². The summed E-state index contributed by atoms with van der Waals surface area (Å²) in [6, 6.07) is 0. The molecule has 0 aromatic heterocycles. The Bertz CT molecular complexity index is 228. The molecule has 6 atom stereocenters. The van der Waals surface area contributed by atoms with Gasteiger partial charge in [-0.05, 0) is 48.3 Å². The molecule has 3 rings (SSSR count). The minimum Gasteiger partial charge on any atom is -0.0848 e. The largest absolute Gasteiger partial charge is 0.0848 e. The third-order valence-electron chi connectivity index (χ3n) is 4.84. The Kier molecular flexibility index (Phi) is 1.29. The third-order valence-corrected chi connectivity index (χ3v) is 4.84. The number of allylic oxidation sites excluding steroid dienone is 2. The molecule has 0 N–H and O–H groups in total. The maximum Gasteiger partial charge on any atom is -0.0194 e. The van der Waals surface area contributed by atoms with Crippen LogP contribution >= 0.6 is 0 Å². The quantitative estimate of drug-likeness (QED) is 0.480. The molecule has 2 fully saturated rings. The molecule has 0 saturated heterocycles. The van der Waals surface area contributed by atoms with E-state index in [-0.39, 0.29) is 0 Å². The second kappa shape index (κ2) is 2.16. The normalized spacial score (nSPS) is 61.2. The van der Waals surface area contributed by atoms with E-state index in [0.717, 1.165) is 35.5 Å². The van der Waals surface area contributed by atoms with E-state index in [1.165, 1.54) is 12.8 Å². The fourth-order valence-electron chi connectivity index (χ4n) is 4.10. The summed E-state index contributed by atoms with van der Waals surface area (Å²) in [7, 11) is 0. The van der Waals surface area contributed by atoms with E-state index in [4.69, 9.17) is 0 Å². The fraction of sp³-hybridized carbons (Fsp3) is 0.833. The number of hydrogen-bond donors (Lipinski definition) is 0. The molecule has 3 aliphatic carbocycles. The van der Waals surface area contributed by atoms with Crippen molar-refractivity contribution in [1.29, 1.82) is 0 Å². The minimum atomic E-state index is 0.972. The van der Waals surface area contributed by atoms with Crippen LogP contribution in [0.15, 0.2) is 12.2 Å². The van der Waals surface area contributed by atoms with E-state index in [1.54, 1.807) is 0 Å². The molecule has 12 heavy (non-hydrogen) atoms. The molecule has 0 aliphatic heterocycles. The second-order valence-corrected chi connectivity index (χ2v) is 5.26. The molecule has 0 aromatic rings. The molecule has 3 aliphatic rings. The van der Waals surface area contributed by atoms with Gasteiger partial charge in [0.2, 0.25) is 0 Å². The topological polar surface area (TPSA) is 0 Å². The summed E-state index contributed by atoms with van der Waals surface area (Å²) in [5.74, 6) is 6.08. The molecule has 0 spiro atoms. The Labute approximate surface area is 75.0 Å². The Hall–Kier alpha value is -0.260. The predicted octanol–water partition coefficient (Wildman–Crippen LogP) is 3.10. The summed E-state index contributed by atoms with van der Waals surface area (Å²) >= 11 is 0. The van der Waals surface area contributed by atoms with Gasteiger partial charge in [-0.15, -0.1) is 0 Å². The van der Waals surface area contributed by atoms with Crippen molar-refractivity contribution in [2.45, 2.75) is 26.7 Å². The molecule has 0 heteroatoms. The monoisotopic (exact) mass is 162 g/mol. The SMILES string of the molecule is CC1CC2C3C=CC(C3)C2C1C. The van der Waals surface area contributed by atoms with Gasteiger partial charge in [-0.3, -0.25) is 0 Å². The number of rotatable bonds is 0. The van der Waals surface area contributed by atoms with Crippen molar-refractivity contribution in [3.8, 4) is 0 Å². The van der Waals surface area contributed by atoms with Crippen LogP contribution in [0.25, 0.3) is 0 Å².